The van der Waals surface area contributed by atoms with Crippen molar-refractivity contribution in [3.63, 3.8) is 0 Å². The Morgan fingerprint density at radius 3 is 2.93 bits per heavy atom. The van der Waals surface area contributed by atoms with E-state index in [1.807, 2.05) is 24.3 Å². The number of hydrogen-bond donors (Lipinski definition) is 1. The predicted molar refractivity (Wildman–Crippen MR) is 60.0 cm³/mol. The Kier molecular flexibility index (Phi) is 4.66. The van der Waals surface area contributed by atoms with Crippen LogP contribution in [0.3, 0.4) is 0 Å². The second-order valence-electron chi connectivity index (χ2n) is 2.76. The van der Waals surface area contributed by atoms with Crippen LogP contribution in [0.4, 0.5) is 0 Å². The van der Waals surface area contributed by atoms with Crippen LogP contribution in [-0.4, -0.2) is 12.5 Å². The van der Waals surface area contributed by atoms with E-state index in [9.17, 15) is 4.79 Å². The fourth-order valence-corrected chi connectivity index (χ4v) is 1.41. The van der Waals surface area contributed by atoms with Gasteiger partial charge in [0.1, 0.15) is 6.54 Å². The molecule has 15 heavy (non-hydrogen) atoms. The molecule has 0 saturated carbocycles. The van der Waals surface area contributed by atoms with Gasteiger partial charge in [0.15, 0.2) is 0 Å². The molecule has 6 heteroatoms. The number of nitrogens with one attached hydrogen (secondary N) is 1. The number of nitrogens with zero attached hydrogens (tertiary/aromatic N) is 3. The molecule has 1 N–H and O–H groups in total. The molecule has 0 bridgehead atoms. The smallest absolute Gasteiger partial charge is 0.226 e. The van der Waals surface area contributed by atoms with Crippen LogP contribution >= 0.6 is 15.9 Å². The van der Waals surface area contributed by atoms with Gasteiger partial charge in [0.05, 0.1) is 0 Å². The minimum atomic E-state index is -0.288. The highest BCUT2D eigenvalue weighted by atomic mass is 79.9. The minimum Gasteiger partial charge on any atom is -0.352 e. The Balaban J connectivity index is 2.47. The first-order chi connectivity index (χ1) is 7.24. The number of hydrogen-bond acceptors (Lipinski definition) is 2. The van der Waals surface area contributed by atoms with Gasteiger partial charge in [0.2, 0.25) is 5.91 Å². The molecule has 1 aromatic rings. The third kappa shape index (κ3) is 4.01. The van der Waals surface area contributed by atoms with Gasteiger partial charge < -0.3 is 5.32 Å². The minimum absolute atomic E-state index is 0.166. The first kappa shape index (κ1) is 11.6. The van der Waals surface area contributed by atoms with Gasteiger partial charge in [-0.2, -0.15) is 0 Å². The summed E-state index contributed by atoms with van der Waals surface area (Å²) in [6.07, 6.45) is 0. The summed E-state index contributed by atoms with van der Waals surface area (Å²) in [7, 11) is 0. The molecular formula is C9H9BrN4O. The molecule has 0 aliphatic heterocycles. The van der Waals surface area contributed by atoms with E-state index in [1.165, 1.54) is 0 Å². The van der Waals surface area contributed by atoms with Crippen LogP contribution < -0.4 is 5.32 Å². The lowest BCUT2D eigenvalue weighted by Gasteiger charge is -2.05. The average Bonchev–Trinajstić information content (AvgIpc) is 2.25. The van der Waals surface area contributed by atoms with E-state index < -0.39 is 0 Å². The Labute approximate surface area is 95.2 Å². The van der Waals surface area contributed by atoms with Crippen LogP contribution in [0.15, 0.2) is 33.9 Å². The number of rotatable bonds is 4. The van der Waals surface area contributed by atoms with Crippen molar-refractivity contribution < 1.29 is 4.79 Å². The average molecular weight is 269 g/mol. The molecule has 0 aliphatic carbocycles. The molecule has 0 heterocycles. The summed E-state index contributed by atoms with van der Waals surface area (Å²) in [5, 5.41) is 5.80. The number of amides is 1. The molecule has 0 aromatic heterocycles. The summed E-state index contributed by atoms with van der Waals surface area (Å²) in [5.74, 6) is -0.288. The first-order valence-electron chi connectivity index (χ1n) is 4.25. The molecule has 0 spiro atoms. The molecule has 1 aromatic carbocycles. The summed E-state index contributed by atoms with van der Waals surface area (Å²) in [4.78, 5) is 13.6. The van der Waals surface area contributed by atoms with Gasteiger partial charge in [-0.05, 0) is 17.2 Å². The second kappa shape index (κ2) is 6.06. The van der Waals surface area contributed by atoms with Crippen molar-refractivity contribution in [2.75, 3.05) is 6.54 Å². The van der Waals surface area contributed by atoms with Gasteiger partial charge in [0.25, 0.3) is 0 Å². The number of carbonyl (C=O) groups is 1. The third-order valence-electron chi connectivity index (χ3n) is 1.71. The lowest BCUT2D eigenvalue weighted by atomic mass is 10.2. The fourth-order valence-electron chi connectivity index (χ4n) is 0.987. The predicted octanol–water partition coefficient (Wildman–Crippen LogP) is 2.38. The molecule has 1 rings (SSSR count). The van der Waals surface area contributed by atoms with Crippen LogP contribution in [-0.2, 0) is 11.3 Å². The van der Waals surface area contributed by atoms with Crippen LogP contribution in [0.25, 0.3) is 10.4 Å². The Bertz CT molecular complexity index is 401. The van der Waals surface area contributed by atoms with Gasteiger partial charge in [0, 0.05) is 15.9 Å². The topological polar surface area (TPSA) is 77.9 Å². The number of halogens is 1. The lowest BCUT2D eigenvalue weighted by molar-refractivity contribution is -0.119. The van der Waals surface area contributed by atoms with Crippen molar-refractivity contribution in [3.05, 3.63) is 44.7 Å². The summed E-state index contributed by atoms with van der Waals surface area (Å²) in [5.41, 5.74) is 8.99. The lowest BCUT2D eigenvalue weighted by Crippen LogP contribution is -2.24. The zero-order valence-electron chi connectivity index (χ0n) is 7.85. The third-order valence-corrected chi connectivity index (χ3v) is 2.49. The Hall–Kier alpha value is -1.52. The molecular weight excluding hydrogens is 260 g/mol. The van der Waals surface area contributed by atoms with E-state index in [2.05, 4.69) is 31.3 Å². The van der Waals surface area contributed by atoms with Crippen LogP contribution in [0.2, 0.25) is 0 Å². The fraction of sp³-hybridized carbons (Fsp3) is 0.222. The Morgan fingerprint density at radius 1 is 1.53 bits per heavy atom. The van der Waals surface area contributed by atoms with Gasteiger partial charge >= 0.3 is 0 Å². The van der Waals surface area contributed by atoms with E-state index in [0.717, 1.165) is 10.0 Å². The Morgan fingerprint density at radius 2 is 2.27 bits per heavy atom. The molecule has 1 amide bonds. The molecule has 0 fully saturated rings. The quantitative estimate of drug-likeness (QED) is 0.508. The van der Waals surface area contributed by atoms with Crippen molar-refractivity contribution in [2.45, 2.75) is 6.54 Å². The largest absolute Gasteiger partial charge is 0.352 e. The maximum Gasteiger partial charge on any atom is 0.226 e. The highest BCUT2D eigenvalue weighted by molar-refractivity contribution is 9.10. The van der Waals surface area contributed by atoms with Gasteiger partial charge in [-0.3, -0.25) is 4.79 Å². The van der Waals surface area contributed by atoms with E-state index in [0.29, 0.717) is 6.54 Å². The maximum absolute atomic E-state index is 11.1. The highest BCUT2D eigenvalue weighted by Gasteiger charge is 2.01. The summed E-state index contributed by atoms with van der Waals surface area (Å²) in [6.45, 7) is 0.252. The van der Waals surface area contributed by atoms with Gasteiger partial charge in [-0.15, -0.1) is 0 Å². The van der Waals surface area contributed by atoms with E-state index in [-0.39, 0.29) is 12.5 Å². The first-order valence-corrected chi connectivity index (χ1v) is 5.04. The number of azide groups is 1. The second-order valence-corrected chi connectivity index (χ2v) is 3.61. The SMILES string of the molecule is [N-]=[N+]=NCC(=O)NCc1ccccc1Br. The van der Waals surface area contributed by atoms with Gasteiger partial charge in [-0.25, -0.2) is 0 Å². The molecule has 0 unspecified atom stereocenters. The zero-order chi connectivity index (χ0) is 11.1. The molecule has 0 atom stereocenters. The maximum atomic E-state index is 11.1. The molecule has 78 valence electrons. The normalized spacial score (nSPS) is 9.13. The molecule has 0 radical (unpaired) electrons. The zero-order valence-corrected chi connectivity index (χ0v) is 9.44. The number of carbonyl (C=O) groups excluding carboxylic acids is 1. The summed E-state index contributed by atoms with van der Waals surface area (Å²) in [6, 6.07) is 7.59. The summed E-state index contributed by atoms with van der Waals surface area (Å²) < 4.78 is 0.939. The van der Waals surface area contributed by atoms with Crippen molar-refractivity contribution >= 4 is 21.8 Å². The number of benzene rings is 1. The summed E-state index contributed by atoms with van der Waals surface area (Å²) >= 11 is 3.37. The van der Waals surface area contributed by atoms with Crippen molar-refractivity contribution in [1.29, 1.82) is 0 Å². The van der Waals surface area contributed by atoms with E-state index in [4.69, 9.17) is 5.53 Å². The standard InChI is InChI=1S/C9H9BrN4O/c10-8-4-2-1-3-7(8)5-12-9(15)6-13-14-11/h1-4H,5-6H2,(H,12,15). The van der Waals surface area contributed by atoms with Crippen LogP contribution in [0.1, 0.15) is 5.56 Å². The van der Waals surface area contributed by atoms with Crippen LogP contribution in [0, 0.1) is 0 Å². The van der Waals surface area contributed by atoms with E-state index in [1.54, 1.807) is 0 Å². The highest BCUT2D eigenvalue weighted by Crippen LogP contribution is 2.15. The van der Waals surface area contributed by atoms with E-state index >= 15 is 0 Å². The van der Waals surface area contributed by atoms with Crippen molar-refractivity contribution in [1.82, 2.24) is 5.32 Å². The van der Waals surface area contributed by atoms with Crippen molar-refractivity contribution in [3.8, 4) is 0 Å². The molecule has 5 nitrogen and oxygen atoms in total. The monoisotopic (exact) mass is 268 g/mol. The van der Waals surface area contributed by atoms with Gasteiger partial charge in [-0.1, -0.05) is 39.2 Å². The molecule has 0 saturated heterocycles. The molecule has 0 aliphatic rings. The van der Waals surface area contributed by atoms with Crippen LogP contribution in [0.5, 0.6) is 0 Å². The van der Waals surface area contributed by atoms with Crippen molar-refractivity contribution in [2.24, 2.45) is 5.11 Å².